The maximum atomic E-state index is 13.1. The molecule has 9 heteroatoms. The number of halogens is 1. The van der Waals surface area contributed by atoms with Crippen LogP contribution in [0.2, 0.25) is 0 Å². The van der Waals surface area contributed by atoms with Crippen LogP contribution in [0.3, 0.4) is 0 Å². The number of amides is 1. The van der Waals surface area contributed by atoms with E-state index in [1.807, 2.05) is 20.8 Å². The Morgan fingerprint density at radius 2 is 1.90 bits per heavy atom. The number of hydrogen-bond acceptors (Lipinski definition) is 6. The van der Waals surface area contributed by atoms with Crippen LogP contribution in [0.15, 0.2) is 35.3 Å². The van der Waals surface area contributed by atoms with Gasteiger partial charge in [-0.15, -0.1) is 10.2 Å². The predicted octanol–water partition coefficient (Wildman–Crippen LogP) is 3.06. The van der Waals surface area contributed by atoms with Gasteiger partial charge in [0.25, 0.3) is 5.91 Å². The second kappa shape index (κ2) is 7.32. The standard InChI is InChI=1S/C21H21FN4O3S/c1-4-26-20(29)16-18(28)17(27)14(10-25(16)11-21(26,2)3)19-24-23-15(30-19)9-12-5-7-13(22)8-6-12/h5-8,10,28H,4,9,11H2,1-3H3. The fourth-order valence-corrected chi connectivity index (χ4v) is 4.72. The van der Waals surface area contributed by atoms with Crippen LogP contribution in [0.4, 0.5) is 4.39 Å². The zero-order chi connectivity index (χ0) is 21.6. The van der Waals surface area contributed by atoms with Gasteiger partial charge in [-0.3, -0.25) is 9.59 Å². The molecule has 7 nitrogen and oxygen atoms in total. The zero-order valence-corrected chi connectivity index (χ0v) is 17.7. The molecular formula is C21H21FN4O3S. The van der Waals surface area contributed by atoms with Gasteiger partial charge in [0.05, 0.1) is 11.1 Å². The monoisotopic (exact) mass is 428 g/mol. The lowest BCUT2D eigenvalue weighted by atomic mass is 9.97. The predicted molar refractivity (Wildman–Crippen MR) is 111 cm³/mol. The number of nitrogens with zero attached hydrogens (tertiary/aromatic N) is 4. The molecule has 1 amide bonds. The summed E-state index contributed by atoms with van der Waals surface area (Å²) in [5, 5.41) is 19.8. The van der Waals surface area contributed by atoms with Crippen molar-refractivity contribution < 1.29 is 14.3 Å². The highest BCUT2D eigenvalue weighted by Crippen LogP contribution is 2.32. The summed E-state index contributed by atoms with van der Waals surface area (Å²) >= 11 is 1.23. The SMILES string of the molecule is CCN1C(=O)c2c(O)c(=O)c(-c3nnc(Cc4ccc(F)cc4)s3)cn2CC1(C)C. The van der Waals surface area contributed by atoms with E-state index in [9.17, 15) is 19.1 Å². The topological polar surface area (TPSA) is 88.3 Å². The van der Waals surface area contributed by atoms with Gasteiger partial charge in [-0.05, 0) is 38.5 Å². The molecule has 30 heavy (non-hydrogen) atoms. The Balaban J connectivity index is 1.72. The number of hydrogen-bond donors (Lipinski definition) is 1. The minimum absolute atomic E-state index is 0.000904. The lowest BCUT2D eigenvalue weighted by Gasteiger charge is -2.43. The number of benzene rings is 1. The van der Waals surface area contributed by atoms with Gasteiger partial charge in [0, 0.05) is 25.7 Å². The Morgan fingerprint density at radius 1 is 1.20 bits per heavy atom. The molecule has 0 aliphatic carbocycles. The fourth-order valence-electron chi connectivity index (χ4n) is 3.84. The summed E-state index contributed by atoms with van der Waals surface area (Å²) in [5.74, 6) is -1.25. The van der Waals surface area contributed by atoms with Crippen LogP contribution < -0.4 is 5.43 Å². The summed E-state index contributed by atoms with van der Waals surface area (Å²) in [7, 11) is 0. The smallest absolute Gasteiger partial charge is 0.274 e. The van der Waals surface area contributed by atoms with E-state index in [1.165, 1.54) is 23.5 Å². The van der Waals surface area contributed by atoms with Gasteiger partial charge in [0.15, 0.2) is 16.5 Å². The minimum atomic E-state index is -0.644. The molecule has 1 aromatic carbocycles. The summed E-state index contributed by atoms with van der Waals surface area (Å²) in [4.78, 5) is 27.3. The van der Waals surface area contributed by atoms with Crippen LogP contribution in [0.5, 0.6) is 5.75 Å². The van der Waals surface area contributed by atoms with Crippen molar-refractivity contribution in [2.45, 2.75) is 39.3 Å². The molecule has 0 atom stereocenters. The van der Waals surface area contributed by atoms with Gasteiger partial charge in [-0.2, -0.15) is 0 Å². The molecule has 0 saturated heterocycles. The number of aromatic hydroxyl groups is 1. The van der Waals surface area contributed by atoms with Crippen molar-refractivity contribution >= 4 is 17.2 Å². The molecule has 1 aliphatic heterocycles. The van der Waals surface area contributed by atoms with Gasteiger partial charge in [0.2, 0.25) is 5.43 Å². The summed E-state index contributed by atoms with van der Waals surface area (Å²) in [6.07, 6.45) is 2.03. The third-order valence-electron chi connectivity index (χ3n) is 5.27. The Morgan fingerprint density at radius 3 is 2.57 bits per heavy atom. The van der Waals surface area contributed by atoms with Crippen molar-refractivity contribution in [3.8, 4) is 16.3 Å². The van der Waals surface area contributed by atoms with Crippen molar-refractivity contribution in [3.63, 3.8) is 0 Å². The van der Waals surface area contributed by atoms with Crippen molar-refractivity contribution in [2.24, 2.45) is 0 Å². The number of carbonyl (C=O) groups excluding carboxylic acids is 1. The van der Waals surface area contributed by atoms with Crippen LogP contribution >= 0.6 is 11.3 Å². The van der Waals surface area contributed by atoms with E-state index in [4.69, 9.17) is 0 Å². The Hall–Kier alpha value is -3.07. The zero-order valence-electron chi connectivity index (χ0n) is 16.8. The molecule has 0 bridgehead atoms. The first-order valence-electron chi connectivity index (χ1n) is 9.57. The largest absolute Gasteiger partial charge is 0.503 e. The van der Waals surface area contributed by atoms with Crippen LogP contribution in [0.1, 0.15) is 41.8 Å². The first-order valence-corrected chi connectivity index (χ1v) is 10.4. The van der Waals surface area contributed by atoms with E-state index in [2.05, 4.69) is 10.2 Å². The molecular weight excluding hydrogens is 407 g/mol. The molecule has 156 valence electrons. The molecule has 0 unspecified atom stereocenters. The van der Waals surface area contributed by atoms with E-state index < -0.39 is 16.7 Å². The van der Waals surface area contributed by atoms with Gasteiger partial charge in [0.1, 0.15) is 10.8 Å². The molecule has 2 aromatic heterocycles. The van der Waals surface area contributed by atoms with Gasteiger partial charge >= 0.3 is 0 Å². The first-order chi connectivity index (χ1) is 14.2. The number of fused-ring (bicyclic) bond motifs is 1. The number of aromatic nitrogens is 3. The third-order valence-corrected chi connectivity index (χ3v) is 6.23. The molecule has 0 radical (unpaired) electrons. The molecule has 3 aromatic rings. The molecule has 0 fully saturated rings. The van der Waals surface area contributed by atoms with E-state index >= 15 is 0 Å². The molecule has 0 spiro atoms. The van der Waals surface area contributed by atoms with Gasteiger partial charge < -0.3 is 14.6 Å². The average Bonchev–Trinajstić information content (AvgIpc) is 3.14. The highest BCUT2D eigenvalue weighted by atomic mass is 32.1. The van der Waals surface area contributed by atoms with E-state index in [1.54, 1.807) is 27.8 Å². The minimum Gasteiger partial charge on any atom is -0.503 e. The van der Waals surface area contributed by atoms with Crippen LogP contribution in [-0.4, -0.2) is 42.8 Å². The quantitative estimate of drug-likeness (QED) is 0.690. The number of likely N-dealkylation sites (N-methyl/N-ethyl adjacent to an activating group) is 1. The van der Waals surface area contributed by atoms with E-state index in [-0.39, 0.29) is 23.0 Å². The summed E-state index contributed by atoms with van der Waals surface area (Å²) in [6, 6.07) is 6.10. The normalized spacial score (nSPS) is 15.3. The van der Waals surface area contributed by atoms with E-state index in [0.29, 0.717) is 29.5 Å². The Bertz CT molecular complexity index is 1180. The highest BCUT2D eigenvalue weighted by molar-refractivity contribution is 7.14. The summed E-state index contributed by atoms with van der Waals surface area (Å²) < 4.78 is 14.7. The Labute approximate surface area is 176 Å². The molecule has 3 heterocycles. The molecule has 1 aliphatic rings. The summed E-state index contributed by atoms with van der Waals surface area (Å²) in [6.45, 7) is 6.66. The second-order valence-corrected chi connectivity index (χ2v) is 8.93. The van der Waals surface area contributed by atoms with Crippen LogP contribution in [0, 0.1) is 5.82 Å². The van der Waals surface area contributed by atoms with Gasteiger partial charge in [-0.25, -0.2) is 4.39 Å². The Kier molecular flexibility index (Phi) is 4.93. The average molecular weight is 428 g/mol. The van der Waals surface area contributed by atoms with Gasteiger partial charge in [-0.1, -0.05) is 23.5 Å². The fraction of sp³-hybridized carbons (Fsp3) is 0.333. The molecule has 4 rings (SSSR count). The number of pyridine rings is 1. The maximum Gasteiger partial charge on any atom is 0.274 e. The summed E-state index contributed by atoms with van der Waals surface area (Å²) in [5.41, 5.74) is -0.0356. The third kappa shape index (κ3) is 3.39. The van der Waals surface area contributed by atoms with E-state index in [0.717, 1.165) is 5.56 Å². The van der Waals surface area contributed by atoms with Crippen molar-refractivity contribution in [1.29, 1.82) is 0 Å². The lowest BCUT2D eigenvalue weighted by Crippen LogP contribution is -2.55. The van der Waals surface area contributed by atoms with Crippen molar-refractivity contribution in [2.75, 3.05) is 6.54 Å². The van der Waals surface area contributed by atoms with Crippen LogP contribution in [-0.2, 0) is 13.0 Å². The maximum absolute atomic E-state index is 13.1. The first kappa shape index (κ1) is 20.2. The molecule has 1 N–H and O–H groups in total. The number of rotatable bonds is 4. The highest BCUT2D eigenvalue weighted by Gasteiger charge is 2.39. The van der Waals surface area contributed by atoms with Crippen molar-refractivity contribution in [1.82, 2.24) is 19.7 Å². The van der Waals surface area contributed by atoms with Crippen LogP contribution in [0.25, 0.3) is 10.6 Å². The molecule has 0 saturated carbocycles. The lowest BCUT2D eigenvalue weighted by molar-refractivity contribution is 0.0427. The van der Waals surface area contributed by atoms with Crippen molar-refractivity contribution in [3.05, 3.63) is 62.8 Å². The second-order valence-electron chi connectivity index (χ2n) is 7.86. The number of carbonyl (C=O) groups is 1.